The van der Waals surface area contributed by atoms with Crippen LogP contribution in [-0.4, -0.2) is 53.7 Å². The number of rotatable bonds is 6. The Morgan fingerprint density at radius 1 is 1.21 bits per heavy atom. The highest BCUT2D eigenvalue weighted by Crippen LogP contribution is 2.46. The van der Waals surface area contributed by atoms with E-state index in [0.29, 0.717) is 38.6 Å². The first-order valence-electron chi connectivity index (χ1n) is 11.4. The molecule has 3 fully saturated rings. The van der Waals surface area contributed by atoms with Crippen LogP contribution in [0, 0.1) is 23.6 Å². The van der Waals surface area contributed by atoms with Crippen LogP contribution in [0.2, 0.25) is 0 Å². The summed E-state index contributed by atoms with van der Waals surface area (Å²) in [5.74, 6) is -1.01. The lowest BCUT2D eigenvalue weighted by atomic mass is 9.63. The molecule has 0 radical (unpaired) electrons. The van der Waals surface area contributed by atoms with Crippen LogP contribution >= 0.6 is 0 Å². The minimum absolute atomic E-state index is 0.0203. The summed E-state index contributed by atoms with van der Waals surface area (Å²) in [4.78, 5) is 13.3. The number of ether oxygens (including phenoxy) is 2. The van der Waals surface area contributed by atoms with Gasteiger partial charge in [-0.15, -0.1) is 0 Å². The largest absolute Gasteiger partial charge is 0.490 e. The van der Waals surface area contributed by atoms with Crippen molar-refractivity contribution in [1.82, 2.24) is 10.2 Å². The number of benzene rings is 1. The second kappa shape index (κ2) is 8.94. The van der Waals surface area contributed by atoms with Crippen molar-refractivity contribution >= 4 is 6.09 Å². The minimum Gasteiger partial charge on any atom is -0.490 e. The zero-order valence-electron chi connectivity index (χ0n) is 18.7. The molecule has 1 amide bonds. The van der Waals surface area contributed by atoms with E-state index in [-0.39, 0.29) is 35.1 Å². The molecule has 1 saturated carbocycles. The number of hydrogen-bond donors (Lipinski definition) is 2. The van der Waals surface area contributed by atoms with E-state index in [1.807, 2.05) is 11.8 Å². The van der Waals surface area contributed by atoms with E-state index in [2.05, 4.69) is 5.32 Å². The number of aliphatic hydroxyl groups is 1. The Hall–Kier alpha value is -2.07. The minimum atomic E-state index is -4.70. The number of halogens is 4. The Balaban J connectivity index is 1.28. The van der Waals surface area contributed by atoms with Gasteiger partial charge in [-0.1, -0.05) is 6.92 Å². The maximum Gasteiger partial charge on any atom is 0.420 e. The molecule has 1 aliphatic carbocycles. The van der Waals surface area contributed by atoms with Crippen molar-refractivity contribution in [3.63, 3.8) is 0 Å². The first-order chi connectivity index (χ1) is 15.5. The Labute approximate surface area is 190 Å². The maximum atomic E-state index is 13.3. The number of carbonyl (C=O) groups excluding carboxylic acids is 1. The second-order valence-corrected chi connectivity index (χ2v) is 9.76. The lowest BCUT2D eigenvalue weighted by molar-refractivity contribution is -0.139. The third-order valence-electron chi connectivity index (χ3n) is 7.54. The first kappa shape index (κ1) is 24.1. The summed E-state index contributed by atoms with van der Waals surface area (Å²) in [6.45, 7) is 5.33. The highest BCUT2D eigenvalue weighted by atomic mass is 19.4. The molecule has 1 aromatic rings. The number of alkyl carbamates (subject to hydrolysis) is 1. The van der Waals surface area contributed by atoms with Crippen molar-refractivity contribution in [2.24, 2.45) is 17.8 Å². The maximum absolute atomic E-state index is 13.3. The van der Waals surface area contributed by atoms with Gasteiger partial charge in [-0.25, -0.2) is 9.18 Å². The average molecular weight is 474 g/mol. The summed E-state index contributed by atoms with van der Waals surface area (Å²) in [5.41, 5.74) is -1.40. The van der Waals surface area contributed by atoms with Crippen LogP contribution in [-0.2, 0) is 10.9 Å². The molecular formula is C23H30F4N2O4. The fraction of sp³-hybridized carbons (Fsp3) is 0.696. The molecule has 3 unspecified atom stereocenters. The predicted octanol–water partition coefficient (Wildman–Crippen LogP) is 4.17. The van der Waals surface area contributed by atoms with Gasteiger partial charge in [0.1, 0.15) is 30.0 Å². The van der Waals surface area contributed by atoms with Gasteiger partial charge >= 0.3 is 12.3 Å². The number of hydrogen-bond acceptors (Lipinski definition) is 5. The third kappa shape index (κ3) is 5.06. The lowest BCUT2D eigenvalue weighted by Crippen LogP contribution is -2.58. The van der Waals surface area contributed by atoms with E-state index in [9.17, 15) is 27.5 Å². The molecule has 2 saturated heterocycles. The molecule has 10 heteroatoms. The average Bonchev–Trinajstić information content (AvgIpc) is 3.14. The van der Waals surface area contributed by atoms with Gasteiger partial charge in [0.2, 0.25) is 0 Å². The number of cyclic esters (lactones) is 1. The summed E-state index contributed by atoms with van der Waals surface area (Å²) < 4.78 is 63.7. The van der Waals surface area contributed by atoms with E-state index in [1.165, 1.54) is 0 Å². The third-order valence-corrected chi connectivity index (χ3v) is 7.54. The molecule has 2 N–H and O–H groups in total. The number of piperidine rings is 1. The molecule has 3 aliphatic rings. The molecule has 2 heterocycles. The highest BCUT2D eigenvalue weighted by molar-refractivity contribution is 5.71. The zero-order valence-corrected chi connectivity index (χ0v) is 18.7. The first-order valence-corrected chi connectivity index (χ1v) is 11.4. The number of likely N-dealkylation sites (tertiary alicyclic amines) is 1. The van der Waals surface area contributed by atoms with Crippen LogP contribution in [0.3, 0.4) is 0 Å². The van der Waals surface area contributed by atoms with Crippen molar-refractivity contribution in [2.75, 3.05) is 19.7 Å². The van der Waals surface area contributed by atoms with Crippen molar-refractivity contribution in [2.45, 2.75) is 63.6 Å². The topological polar surface area (TPSA) is 71.0 Å². The van der Waals surface area contributed by atoms with Crippen molar-refractivity contribution in [1.29, 1.82) is 0 Å². The SMILES string of the molecule is CC(Oc1ccc(F)cc1C(F)(F)F)C1CCN(C(O)C(C)[C@H]2C[C@]3(COC(=O)N3)C2)CC1. The Bertz CT molecular complexity index is 867. The number of nitrogens with one attached hydrogen (secondary N) is 1. The highest BCUT2D eigenvalue weighted by Gasteiger charge is 2.53. The molecule has 6 nitrogen and oxygen atoms in total. The predicted molar refractivity (Wildman–Crippen MR) is 111 cm³/mol. The zero-order chi connectivity index (χ0) is 24.0. The number of nitrogens with zero attached hydrogens (tertiary/aromatic N) is 1. The van der Waals surface area contributed by atoms with Crippen molar-refractivity contribution in [3.8, 4) is 5.75 Å². The van der Waals surface area contributed by atoms with Crippen LogP contribution in [0.15, 0.2) is 18.2 Å². The van der Waals surface area contributed by atoms with Crippen molar-refractivity contribution < 1.29 is 36.9 Å². The Kier molecular flexibility index (Phi) is 6.52. The van der Waals surface area contributed by atoms with E-state index in [0.717, 1.165) is 25.0 Å². The number of aliphatic hydroxyl groups excluding tert-OH is 1. The number of carbonyl (C=O) groups is 1. The summed E-state index contributed by atoms with van der Waals surface area (Å²) in [6.07, 6.45) is -3.30. The number of alkyl halides is 3. The quantitative estimate of drug-likeness (QED) is 0.606. The standard InChI is InChI=1S/C23H30F4N2O4/c1-13(16-10-22(11-16)12-32-21(31)28-22)20(30)29-7-5-15(6-8-29)14(2)33-19-4-3-17(24)9-18(19)23(25,26)27/h3-4,9,13-16,20,30H,5-8,10-12H2,1-2H3,(H,28,31)/t13?,14?,16-,20?,22+. The molecule has 33 heavy (non-hydrogen) atoms. The van der Waals surface area contributed by atoms with Gasteiger partial charge in [0, 0.05) is 13.1 Å². The Morgan fingerprint density at radius 2 is 1.88 bits per heavy atom. The van der Waals surface area contributed by atoms with Crippen LogP contribution in [0.4, 0.5) is 22.4 Å². The van der Waals surface area contributed by atoms with Gasteiger partial charge in [-0.3, -0.25) is 4.90 Å². The Morgan fingerprint density at radius 3 is 2.45 bits per heavy atom. The van der Waals surface area contributed by atoms with E-state index < -0.39 is 29.9 Å². The molecule has 3 atom stereocenters. The van der Waals surface area contributed by atoms with Gasteiger partial charge in [-0.05, 0) is 68.6 Å². The molecule has 0 bridgehead atoms. The fourth-order valence-electron chi connectivity index (χ4n) is 5.38. The summed E-state index contributed by atoms with van der Waals surface area (Å²) in [7, 11) is 0. The van der Waals surface area contributed by atoms with Gasteiger partial charge in [0.05, 0.1) is 11.6 Å². The van der Waals surface area contributed by atoms with Gasteiger partial charge < -0.3 is 19.9 Å². The van der Waals surface area contributed by atoms with Gasteiger partial charge in [-0.2, -0.15) is 13.2 Å². The van der Waals surface area contributed by atoms with Crippen LogP contribution < -0.4 is 10.1 Å². The molecule has 0 aromatic heterocycles. The summed E-state index contributed by atoms with van der Waals surface area (Å²) >= 11 is 0. The molecular weight excluding hydrogens is 444 g/mol. The lowest BCUT2D eigenvalue weighted by Gasteiger charge is -2.49. The monoisotopic (exact) mass is 474 g/mol. The normalized spacial score (nSPS) is 29.2. The molecule has 2 aliphatic heterocycles. The van der Waals surface area contributed by atoms with E-state index >= 15 is 0 Å². The van der Waals surface area contributed by atoms with Gasteiger partial charge in [0.15, 0.2) is 0 Å². The summed E-state index contributed by atoms with van der Waals surface area (Å²) in [6, 6.07) is 2.44. The van der Waals surface area contributed by atoms with E-state index in [1.54, 1.807) is 6.92 Å². The van der Waals surface area contributed by atoms with E-state index in [4.69, 9.17) is 9.47 Å². The fourth-order valence-corrected chi connectivity index (χ4v) is 5.38. The molecule has 1 aromatic carbocycles. The van der Waals surface area contributed by atoms with Crippen molar-refractivity contribution in [3.05, 3.63) is 29.6 Å². The molecule has 184 valence electrons. The second-order valence-electron chi connectivity index (χ2n) is 9.76. The van der Waals surface area contributed by atoms with Crippen LogP contribution in [0.25, 0.3) is 0 Å². The smallest absolute Gasteiger partial charge is 0.420 e. The van der Waals surface area contributed by atoms with Crippen LogP contribution in [0.5, 0.6) is 5.75 Å². The van der Waals surface area contributed by atoms with Gasteiger partial charge in [0.25, 0.3) is 0 Å². The number of amides is 1. The molecule has 4 rings (SSSR count). The molecule has 1 spiro atoms. The summed E-state index contributed by atoms with van der Waals surface area (Å²) in [5, 5.41) is 13.8. The van der Waals surface area contributed by atoms with Crippen LogP contribution in [0.1, 0.15) is 45.1 Å².